The molecule has 1 aliphatic heterocycles. The van der Waals surface area contributed by atoms with Gasteiger partial charge in [-0.15, -0.1) is 0 Å². The molecule has 1 fully saturated rings. The summed E-state index contributed by atoms with van der Waals surface area (Å²) in [5.74, 6) is 0.405. The highest BCUT2D eigenvalue weighted by atomic mass is 32.2. The number of amides is 2. The number of hydrogen-bond donors (Lipinski definition) is 1. The molecule has 1 saturated heterocycles. The molecule has 0 aromatic heterocycles. The minimum Gasteiger partial charge on any atom is -0.467 e. The lowest BCUT2D eigenvalue weighted by atomic mass is 10.1. The predicted octanol–water partition coefficient (Wildman–Crippen LogP) is 2.43. The highest BCUT2D eigenvalue weighted by Crippen LogP contribution is 2.23. The van der Waals surface area contributed by atoms with Crippen LogP contribution in [0, 0.1) is 13.8 Å². The number of carbonyl (C=O) groups excluding carboxylic acids is 2. The van der Waals surface area contributed by atoms with Crippen LogP contribution in [0.3, 0.4) is 0 Å². The van der Waals surface area contributed by atoms with Crippen molar-refractivity contribution in [1.29, 1.82) is 0 Å². The van der Waals surface area contributed by atoms with E-state index < -0.39 is 6.04 Å². The number of rotatable bonds is 6. The Balaban J connectivity index is 1.92. The Morgan fingerprint density at radius 2 is 1.92 bits per heavy atom. The second-order valence-electron chi connectivity index (χ2n) is 6.50. The van der Waals surface area contributed by atoms with E-state index in [4.69, 9.17) is 4.74 Å². The van der Waals surface area contributed by atoms with Crippen molar-refractivity contribution in [2.75, 3.05) is 50.2 Å². The fraction of sp³-hybridized carbons (Fsp3) is 0.579. The number of aryl methyl sites for hydroxylation is 1. The summed E-state index contributed by atoms with van der Waals surface area (Å²) in [5, 5.41) is 2.83. The van der Waals surface area contributed by atoms with Crippen molar-refractivity contribution in [3.63, 3.8) is 0 Å². The van der Waals surface area contributed by atoms with Crippen LogP contribution in [-0.4, -0.2) is 68.2 Å². The number of piperazine rings is 1. The van der Waals surface area contributed by atoms with Crippen LogP contribution in [0.4, 0.5) is 10.5 Å². The lowest BCUT2D eigenvalue weighted by Gasteiger charge is -2.37. The number of nitrogens with zero attached hydrogens (tertiary/aromatic N) is 2. The van der Waals surface area contributed by atoms with Gasteiger partial charge < -0.3 is 19.9 Å². The van der Waals surface area contributed by atoms with Crippen molar-refractivity contribution in [3.05, 3.63) is 29.3 Å². The van der Waals surface area contributed by atoms with E-state index >= 15 is 0 Å². The molecule has 144 valence electrons. The Morgan fingerprint density at radius 3 is 2.54 bits per heavy atom. The van der Waals surface area contributed by atoms with Crippen molar-refractivity contribution in [2.45, 2.75) is 26.3 Å². The van der Waals surface area contributed by atoms with E-state index in [2.05, 4.69) is 42.3 Å². The molecule has 0 radical (unpaired) electrons. The molecule has 26 heavy (non-hydrogen) atoms. The van der Waals surface area contributed by atoms with Gasteiger partial charge in [0.1, 0.15) is 6.04 Å². The van der Waals surface area contributed by atoms with Crippen LogP contribution in [0.1, 0.15) is 17.5 Å². The number of nitrogens with one attached hydrogen (secondary N) is 1. The summed E-state index contributed by atoms with van der Waals surface area (Å²) in [4.78, 5) is 28.5. The molecular formula is C19H29N3O3S. The average Bonchev–Trinajstić information content (AvgIpc) is 2.66. The fourth-order valence-electron chi connectivity index (χ4n) is 3.10. The Labute approximate surface area is 160 Å². The molecule has 6 nitrogen and oxygen atoms in total. The number of anilines is 1. The Bertz CT molecular complexity index is 630. The standard InChI is InChI=1S/C19H29N3O3S/c1-14-6-5-7-17(15(14)2)21-9-11-22(12-10-21)19(24)20-16(8-13-26-4)18(23)25-3/h5-7,16H,8-13H2,1-4H3,(H,20,24). The van der Waals surface area contributed by atoms with Crippen LogP contribution >= 0.6 is 11.8 Å². The van der Waals surface area contributed by atoms with Gasteiger partial charge >= 0.3 is 12.0 Å². The molecule has 1 unspecified atom stereocenters. The number of ether oxygens (including phenoxy) is 1. The summed E-state index contributed by atoms with van der Waals surface area (Å²) in [6, 6.07) is 5.54. The van der Waals surface area contributed by atoms with Crippen molar-refractivity contribution in [1.82, 2.24) is 10.2 Å². The van der Waals surface area contributed by atoms with E-state index in [0.717, 1.165) is 18.8 Å². The first-order valence-corrected chi connectivity index (χ1v) is 10.3. The lowest BCUT2D eigenvalue weighted by molar-refractivity contribution is -0.142. The fourth-order valence-corrected chi connectivity index (χ4v) is 3.57. The summed E-state index contributed by atoms with van der Waals surface area (Å²) in [6.07, 6.45) is 2.55. The molecule has 1 aliphatic rings. The monoisotopic (exact) mass is 379 g/mol. The van der Waals surface area contributed by atoms with Crippen LogP contribution in [0.25, 0.3) is 0 Å². The number of benzene rings is 1. The van der Waals surface area contributed by atoms with Gasteiger partial charge in [0.15, 0.2) is 0 Å². The summed E-state index contributed by atoms with van der Waals surface area (Å²) in [5.41, 5.74) is 3.79. The minimum absolute atomic E-state index is 0.192. The number of esters is 1. The predicted molar refractivity (Wildman–Crippen MR) is 107 cm³/mol. The van der Waals surface area contributed by atoms with Crippen LogP contribution in [-0.2, 0) is 9.53 Å². The van der Waals surface area contributed by atoms with Crippen LogP contribution in [0.5, 0.6) is 0 Å². The van der Waals surface area contributed by atoms with Gasteiger partial charge in [-0.2, -0.15) is 11.8 Å². The number of carbonyl (C=O) groups is 2. The maximum absolute atomic E-state index is 12.5. The van der Waals surface area contributed by atoms with Gasteiger partial charge in [-0.3, -0.25) is 0 Å². The SMILES string of the molecule is COC(=O)C(CCSC)NC(=O)N1CCN(c2cccc(C)c2C)CC1. The molecule has 1 N–H and O–H groups in total. The van der Waals surface area contributed by atoms with Crippen LogP contribution < -0.4 is 10.2 Å². The quantitative estimate of drug-likeness (QED) is 0.769. The maximum atomic E-state index is 12.5. The highest BCUT2D eigenvalue weighted by molar-refractivity contribution is 7.98. The van der Waals surface area contributed by atoms with Gasteiger partial charge in [-0.25, -0.2) is 9.59 Å². The van der Waals surface area contributed by atoms with E-state index in [1.165, 1.54) is 23.9 Å². The minimum atomic E-state index is -0.586. The maximum Gasteiger partial charge on any atom is 0.328 e. The average molecular weight is 380 g/mol. The normalized spacial score (nSPS) is 15.5. The van der Waals surface area contributed by atoms with Crippen LogP contribution in [0.15, 0.2) is 18.2 Å². The number of urea groups is 1. The molecule has 1 aromatic rings. The zero-order valence-corrected chi connectivity index (χ0v) is 16.9. The number of hydrogen-bond acceptors (Lipinski definition) is 5. The van der Waals surface area contributed by atoms with Gasteiger partial charge in [0.2, 0.25) is 0 Å². The van der Waals surface area contributed by atoms with Gasteiger partial charge in [0.05, 0.1) is 7.11 Å². The third-order valence-electron chi connectivity index (χ3n) is 4.88. The molecule has 0 aliphatic carbocycles. The van der Waals surface area contributed by atoms with E-state index in [-0.39, 0.29) is 12.0 Å². The molecule has 0 spiro atoms. The first kappa shape index (κ1) is 20.4. The van der Waals surface area contributed by atoms with E-state index in [1.54, 1.807) is 16.7 Å². The van der Waals surface area contributed by atoms with Gasteiger partial charge in [-0.1, -0.05) is 12.1 Å². The molecule has 0 saturated carbocycles. The molecule has 7 heteroatoms. The highest BCUT2D eigenvalue weighted by Gasteiger charge is 2.26. The van der Waals surface area contributed by atoms with Gasteiger partial charge in [-0.05, 0) is 49.5 Å². The molecule has 2 rings (SSSR count). The third-order valence-corrected chi connectivity index (χ3v) is 5.52. The summed E-state index contributed by atoms with van der Waals surface area (Å²) >= 11 is 1.64. The van der Waals surface area contributed by atoms with Crippen molar-refractivity contribution in [3.8, 4) is 0 Å². The molecular weight excluding hydrogens is 350 g/mol. The topological polar surface area (TPSA) is 61.9 Å². The molecule has 1 heterocycles. The van der Waals surface area contributed by atoms with Crippen molar-refractivity contribution >= 4 is 29.4 Å². The second-order valence-corrected chi connectivity index (χ2v) is 7.49. The largest absolute Gasteiger partial charge is 0.467 e. The van der Waals surface area contributed by atoms with Crippen LogP contribution in [0.2, 0.25) is 0 Å². The molecule has 1 aromatic carbocycles. The zero-order valence-electron chi connectivity index (χ0n) is 16.1. The van der Waals surface area contributed by atoms with E-state index in [1.807, 2.05) is 6.26 Å². The summed E-state index contributed by atoms with van der Waals surface area (Å²) in [7, 11) is 1.35. The van der Waals surface area contributed by atoms with Crippen molar-refractivity contribution < 1.29 is 14.3 Å². The molecule has 2 amide bonds. The van der Waals surface area contributed by atoms with E-state index in [0.29, 0.717) is 19.5 Å². The zero-order chi connectivity index (χ0) is 19.1. The number of methoxy groups -OCH3 is 1. The smallest absolute Gasteiger partial charge is 0.328 e. The molecule has 0 bridgehead atoms. The van der Waals surface area contributed by atoms with Gasteiger partial charge in [0.25, 0.3) is 0 Å². The number of thioether (sulfide) groups is 1. The Kier molecular flexibility index (Phi) is 7.63. The lowest BCUT2D eigenvalue weighted by Crippen LogP contribution is -2.55. The van der Waals surface area contributed by atoms with Gasteiger partial charge in [0, 0.05) is 31.9 Å². The first-order chi connectivity index (χ1) is 12.5. The van der Waals surface area contributed by atoms with E-state index in [9.17, 15) is 9.59 Å². The summed E-state index contributed by atoms with van der Waals surface area (Å²) < 4.78 is 4.81. The van der Waals surface area contributed by atoms with Crippen molar-refractivity contribution in [2.24, 2.45) is 0 Å². The third kappa shape index (κ3) is 5.06. The summed E-state index contributed by atoms with van der Waals surface area (Å²) in [6.45, 7) is 7.09. The second kappa shape index (κ2) is 9.71. The Morgan fingerprint density at radius 1 is 1.23 bits per heavy atom. The first-order valence-electron chi connectivity index (χ1n) is 8.91. The molecule has 1 atom stereocenters. The Hall–Kier alpha value is -1.89.